The SMILES string of the molecule is Nc1ccn(CCOCc2ccco2)n1. The van der Waals surface area contributed by atoms with Crippen molar-refractivity contribution in [2.75, 3.05) is 12.3 Å². The quantitative estimate of drug-likeness (QED) is 0.750. The summed E-state index contributed by atoms with van der Waals surface area (Å²) < 4.78 is 12.3. The monoisotopic (exact) mass is 207 g/mol. The Kier molecular flexibility index (Phi) is 3.04. The molecule has 0 bridgehead atoms. The molecule has 0 amide bonds. The fourth-order valence-electron chi connectivity index (χ4n) is 1.23. The maximum Gasteiger partial charge on any atom is 0.145 e. The summed E-state index contributed by atoms with van der Waals surface area (Å²) in [6.07, 6.45) is 3.46. The maximum atomic E-state index is 5.47. The Hall–Kier alpha value is -1.75. The van der Waals surface area contributed by atoms with E-state index < -0.39 is 0 Å². The van der Waals surface area contributed by atoms with Crippen molar-refractivity contribution in [3.05, 3.63) is 36.4 Å². The van der Waals surface area contributed by atoms with E-state index in [2.05, 4.69) is 5.10 Å². The molecular weight excluding hydrogens is 194 g/mol. The van der Waals surface area contributed by atoms with Crippen LogP contribution in [-0.4, -0.2) is 16.4 Å². The third-order valence-corrected chi connectivity index (χ3v) is 1.95. The van der Waals surface area contributed by atoms with E-state index in [0.717, 1.165) is 5.76 Å². The molecule has 2 heterocycles. The summed E-state index contributed by atoms with van der Waals surface area (Å²) in [5.41, 5.74) is 5.47. The number of nitrogen functional groups attached to an aromatic ring is 1. The molecule has 2 aromatic heterocycles. The molecule has 0 saturated heterocycles. The first-order chi connectivity index (χ1) is 7.34. The van der Waals surface area contributed by atoms with Gasteiger partial charge in [-0.25, -0.2) is 0 Å². The molecular formula is C10H13N3O2. The lowest BCUT2D eigenvalue weighted by Gasteiger charge is -2.02. The zero-order valence-electron chi connectivity index (χ0n) is 8.30. The minimum Gasteiger partial charge on any atom is -0.467 e. The first-order valence-electron chi connectivity index (χ1n) is 4.73. The van der Waals surface area contributed by atoms with Crippen LogP contribution in [0.25, 0.3) is 0 Å². The number of ether oxygens (including phenoxy) is 1. The Balaban J connectivity index is 1.67. The zero-order valence-corrected chi connectivity index (χ0v) is 8.30. The highest BCUT2D eigenvalue weighted by Crippen LogP contribution is 2.02. The van der Waals surface area contributed by atoms with Crippen LogP contribution in [0.3, 0.4) is 0 Å². The second-order valence-corrected chi connectivity index (χ2v) is 3.14. The largest absolute Gasteiger partial charge is 0.467 e. The Morgan fingerprint density at radius 1 is 1.47 bits per heavy atom. The highest BCUT2D eigenvalue weighted by atomic mass is 16.5. The molecule has 0 fully saturated rings. The third-order valence-electron chi connectivity index (χ3n) is 1.95. The van der Waals surface area contributed by atoms with Gasteiger partial charge in [-0.05, 0) is 18.2 Å². The topological polar surface area (TPSA) is 66.2 Å². The Bertz CT molecular complexity index is 394. The molecule has 0 aliphatic heterocycles. The lowest BCUT2D eigenvalue weighted by atomic mass is 10.5. The van der Waals surface area contributed by atoms with Crippen LogP contribution in [0.4, 0.5) is 5.82 Å². The van der Waals surface area contributed by atoms with Crippen molar-refractivity contribution in [2.45, 2.75) is 13.2 Å². The van der Waals surface area contributed by atoms with Crippen molar-refractivity contribution in [3.63, 3.8) is 0 Å². The smallest absolute Gasteiger partial charge is 0.145 e. The number of anilines is 1. The number of nitrogens with two attached hydrogens (primary N) is 1. The first-order valence-corrected chi connectivity index (χ1v) is 4.73. The molecule has 5 nitrogen and oxygen atoms in total. The van der Waals surface area contributed by atoms with Gasteiger partial charge in [-0.3, -0.25) is 4.68 Å². The van der Waals surface area contributed by atoms with E-state index in [-0.39, 0.29) is 0 Å². The molecule has 5 heteroatoms. The zero-order chi connectivity index (χ0) is 10.5. The molecule has 2 rings (SSSR count). The van der Waals surface area contributed by atoms with Gasteiger partial charge in [0, 0.05) is 6.20 Å². The molecule has 80 valence electrons. The van der Waals surface area contributed by atoms with Crippen LogP contribution < -0.4 is 5.73 Å². The van der Waals surface area contributed by atoms with Gasteiger partial charge in [-0.15, -0.1) is 0 Å². The van der Waals surface area contributed by atoms with Gasteiger partial charge >= 0.3 is 0 Å². The van der Waals surface area contributed by atoms with Crippen LogP contribution in [0.1, 0.15) is 5.76 Å². The van der Waals surface area contributed by atoms with Crippen LogP contribution in [0, 0.1) is 0 Å². The average Bonchev–Trinajstić information content (AvgIpc) is 2.84. The van der Waals surface area contributed by atoms with E-state index in [4.69, 9.17) is 14.9 Å². The summed E-state index contributed by atoms with van der Waals surface area (Å²) >= 11 is 0. The number of rotatable bonds is 5. The Morgan fingerprint density at radius 3 is 3.07 bits per heavy atom. The predicted octanol–water partition coefficient (Wildman–Crippen LogP) is 1.28. The number of furan rings is 1. The average molecular weight is 207 g/mol. The summed E-state index contributed by atoms with van der Waals surface area (Å²) in [5, 5.41) is 4.04. The molecule has 0 saturated carbocycles. The van der Waals surface area contributed by atoms with Crippen molar-refractivity contribution in [3.8, 4) is 0 Å². The lowest BCUT2D eigenvalue weighted by Crippen LogP contribution is -2.06. The van der Waals surface area contributed by atoms with E-state index in [9.17, 15) is 0 Å². The van der Waals surface area contributed by atoms with E-state index >= 15 is 0 Å². The van der Waals surface area contributed by atoms with Gasteiger partial charge in [0.2, 0.25) is 0 Å². The summed E-state index contributed by atoms with van der Waals surface area (Å²) in [6, 6.07) is 5.48. The van der Waals surface area contributed by atoms with Crippen molar-refractivity contribution in [1.29, 1.82) is 0 Å². The van der Waals surface area contributed by atoms with Gasteiger partial charge < -0.3 is 14.9 Å². The number of nitrogens with zero attached hydrogens (tertiary/aromatic N) is 2. The van der Waals surface area contributed by atoms with Crippen molar-refractivity contribution >= 4 is 5.82 Å². The fraction of sp³-hybridized carbons (Fsp3) is 0.300. The molecule has 0 spiro atoms. The van der Waals surface area contributed by atoms with Crippen molar-refractivity contribution in [2.24, 2.45) is 0 Å². The molecule has 0 aliphatic rings. The van der Waals surface area contributed by atoms with E-state index in [1.54, 1.807) is 17.0 Å². The molecule has 0 atom stereocenters. The highest BCUT2D eigenvalue weighted by molar-refractivity contribution is 5.23. The molecule has 0 radical (unpaired) electrons. The molecule has 2 N–H and O–H groups in total. The third kappa shape index (κ3) is 2.85. The van der Waals surface area contributed by atoms with Crippen LogP contribution in [0.2, 0.25) is 0 Å². The molecule has 0 aromatic carbocycles. The summed E-state index contributed by atoms with van der Waals surface area (Å²) in [4.78, 5) is 0. The number of hydrogen-bond acceptors (Lipinski definition) is 4. The van der Waals surface area contributed by atoms with Crippen molar-refractivity contribution < 1.29 is 9.15 Å². The van der Waals surface area contributed by atoms with E-state index in [1.165, 1.54) is 0 Å². The van der Waals surface area contributed by atoms with Gasteiger partial charge in [-0.2, -0.15) is 5.10 Å². The Labute approximate surface area is 87.4 Å². The molecule has 2 aromatic rings. The van der Waals surface area contributed by atoms with Gasteiger partial charge in [0.15, 0.2) is 0 Å². The number of hydrogen-bond donors (Lipinski definition) is 1. The van der Waals surface area contributed by atoms with Crippen molar-refractivity contribution in [1.82, 2.24) is 9.78 Å². The minimum atomic E-state index is 0.490. The molecule has 0 aliphatic carbocycles. The summed E-state index contributed by atoms with van der Waals surface area (Å²) in [6.45, 7) is 1.77. The summed E-state index contributed by atoms with van der Waals surface area (Å²) in [5.74, 6) is 1.36. The Morgan fingerprint density at radius 2 is 2.40 bits per heavy atom. The van der Waals surface area contributed by atoms with E-state index in [1.807, 2.05) is 18.3 Å². The summed E-state index contributed by atoms with van der Waals surface area (Å²) in [7, 11) is 0. The van der Waals surface area contributed by atoms with Gasteiger partial charge in [0.1, 0.15) is 18.2 Å². The van der Waals surface area contributed by atoms with Crippen LogP contribution in [-0.2, 0) is 17.9 Å². The minimum absolute atomic E-state index is 0.490. The van der Waals surface area contributed by atoms with Crippen LogP contribution in [0.5, 0.6) is 0 Å². The second kappa shape index (κ2) is 4.65. The normalized spacial score (nSPS) is 10.7. The molecule has 0 unspecified atom stereocenters. The maximum absolute atomic E-state index is 5.47. The fourth-order valence-corrected chi connectivity index (χ4v) is 1.23. The van der Waals surface area contributed by atoms with Gasteiger partial charge in [-0.1, -0.05) is 0 Å². The lowest BCUT2D eigenvalue weighted by molar-refractivity contribution is 0.0971. The van der Waals surface area contributed by atoms with Crippen LogP contribution >= 0.6 is 0 Å². The van der Waals surface area contributed by atoms with Gasteiger partial charge in [0.25, 0.3) is 0 Å². The number of aromatic nitrogens is 2. The van der Waals surface area contributed by atoms with E-state index in [0.29, 0.717) is 25.6 Å². The molecule has 15 heavy (non-hydrogen) atoms. The second-order valence-electron chi connectivity index (χ2n) is 3.14. The van der Waals surface area contributed by atoms with Gasteiger partial charge in [0.05, 0.1) is 19.4 Å². The highest BCUT2D eigenvalue weighted by Gasteiger charge is 1.97. The van der Waals surface area contributed by atoms with Crippen LogP contribution in [0.15, 0.2) is 35.1 Å². The predicted molar refractivity (Wildman–Crippen MR) is 55.0 cm³/mol. The standard InChI is InChI=1S/C10H13N3O2/c11-10-3-4-13(12-10)5-7-14-8-9-2-1-6-15-9/h1-4,6H,5,7-8H2,(H2,11,12). The first kappa shape index (κ1) is 9.79.